The van der Waals surface area contributed by atoms with E-state index in [1.807, 2.05) is 12.1 Å². The van der Waals surface area contributed by atoms with Gasteiger partial charge in [-0.2, -0.15) is 0 Å². The van der Waals surface area contributed by atoms with Crippen molar-refractivity contribution in [1.82, 2.24) is 4.57 Å². The van der Waals surface area contributed by atoms with Crippen molar-refractivity contribution in [3.05, 3.63) is 60.0 Å². The van der Waals surface area contributed by atoms with Crippen molar-refractivity contribution in [2.75, 3.05) is 0 Å². The highest BCUT2D eigenvalue weighted by Crippen LogP contribution is 2.36. The molecule has 1 aromatic heterocycles. The van der Waals surface area contributed by atoms with Gasteiger partial charge in [-0.05, 0) is 44.5 Å². The molecule has 0 saturated heterocycles. The fourth-order valence-electron chi connectivity index (χ4n) is 3.71. The number of unbranched alkanes of at least 4 members (excludes halogenated alkanes) is 4. The van der Waals surface area contributed by atoms with Crippen LogP contribution < -0.4 is 0 Å². The SMILES string of the molecule is CCCCCCC.Cc1c(-c2ccc(F)cc2)c2ccccc2n1C(C)C. The van der Waals surface area contributed by atoms with E-state index in [9.17, 15) is 4.39 Å². The first-order valence-electron chi connectivity index (χ1n) is 10.4. The number of benzene rings is 2. The molecular formula is C25H34FN. The summed E-state index contributed by atoms with van der Waals surface area (Å²) in [5.74, 6) is -0.195. The van der Waals surface area contributed by atoms with Gasteiger partial charge in [0, 0.05) is 28.2 Å². The second-order valence-corrected chi connectivity index (χ2v) is 7.51. The van der Waals surface area contributed by atoms with Crippen molar-refractivity contribution in [1.29, 1.82) is 0 Å². The van der Waals surface area contributed by atoms with E-state index in [0.717, 1.165) is 5.56 Å². The molecule has 0 aliphatic heterocycles. The minimum atomic E-state index is -0.195. The van der Waals surface area contributed by atoms with Crippen LogP contribution in [-0.4, -0.2) is 4.57 Å². The quantitative estimate of drug-likeness (QED) is 0.386. The minimum Gasteiger partial charge on any atom is -0.342 e. The van der Waals surface area contributed by atoms with E-state index in [4.69, 9.17) is 0 Å². The van der Waals surface area contributed by atoms with E-state index in [0.29, 0.717) is 6.04 Å². The fraction of sp³-hybridized carbons (Fsp3) is 0.440. The molecule has 0 N–H and O–H groups in total. The Bertz CT molecular complexity index is 823. The summed E-state index contributed by atoms with van der Waals surface area (Å²) in [5, 5.41) is 1.23. The first-order valence-corrected chi connectivity index (χ1v) is 10.4. The van der Waals surface area contributed by atoms with Gasteiger partial charge in [-0.1, -0.05) is 76.3 Å². The summed E-state index contributed by atoms with van der Waals surface area (Å²) in [4.78, 5) is 0. The van der Waals surface area contributed by atoms with Crippen LogP contribution in [0.15, 0.2) is 48.5 Å². The first kappa shape index (κ1) is 21.2. The maximum absolute atomic E-state index is 13.1. The molecule has 1 nitrogen and oxygen atoms in total. The average Bonchev–Trinajstić information content (AvgIpc) is 2.95. The number of hydrogen-bond donors (Lipinski definition) is 0. The molecule has 0 bridgehead atoms. The van der Waals surface area contributed by atoms with E-state index >= 15 is 0 Å². The second-order valence-electron chi connectivity index (χ2n) is 7.51. The van der Waals surface area contributed by atoms with Gasteiger partial charge in [0.1, 0.15) is 5.82 Å². The average molecular weight is 368 g/mol. The zero-order valence-electron chi connectivity index (χ0n) is 17.6. The van der Waals surface area contributed by atoms with Crippen molar-refractivity contribution in [3.63, 3.8) is 0 Å². The molecule has 0 spiro atoms. The van der Waals surface area contributed by atoms with Crippen molar-refractivity contribution in [2.45, 2.75) is 72.8 Å². The molecule has 0 unspecified atom stereocenters. The molecule has 0 atom stereocenters. The van der Waals surface area contributed by atoms with Crippen LogP contribution in [-0.2, 0) is 0 Å². The van der Waals surface area contributed by atoms with Crippen LogP contribution in [0.1, 0.15) is 71.5 Å². The molecule has 0 aliphatic carbocycles. The Hall–Kier alpha value is -2.09. The van der Waals surface area contributed by atoms with Gasteiger partial charge in [0.15, 0.2) is 0 Å². The lowest BCUT2D eigenvalue weighted by Crippen LogP contribution is -2.02. The largest absolute Gasteiger partial charge is 0.342 e. The van der Waals surface area contributed by atoms with Crippen molar-refractivity contribution < 1.29 is 4.39 Å². The predicted molar refractivity (Wildman–Crippen MR) is 117 cm³/mol. The zero-order chi connectivity index (χ0) is 19.8. The molecule has 2 aromatic carbocycles. The number of hydrogen-bond acceptors (Lipinski definition) is 0. The Morgan fingerprint density at radius 1 is 0.852 bits per heavy atom. The number of nitrogens with zero attached hydrogens (tertiary/aromatic N) is 1. The molecule has 0 fully saturated rings. The van der Waals surface area contributed by atoms with E-state index in [2.05, 4.69) is 63.5 Å². The van der Waals surface area contributed by atoms with Crippen LogP contribution in [0.5, 0.6) is 0 Å². The third-order valence-electron chi connectivity index (χ3n) is 5.01. The molecule has 146 valence electrons. The summed E-state index contributed by atoms with van der Waals surface area (Å²) in [7, 11) is 0. The van der Waals surface area contributed by atoms with Crippen LogP contribution in [0, 0.1) is 12.7 Å². The lowest BCUT2D eigenvalue weighted by atomic mass is 10.0. The van der Waals surface area contributed by atoms with Crippen LogP contribution in [0.4, 0.5) is 4.39 Å². The van der Waals surface area contributed by atoms with E-state index < -0.39 is 0 Å². The van der Waals surface area contributed by atoms with Gasteiger partial charge in [-0.3, -0.25) is 0 Å². The summed E-state index contributed by atoms with van der Waals surface area (Å²) in [6, 6.07) is 15.6. The third kappa shape index (κ3) is 5.22. The Labute approximate surface area is 164 Å². The van der Waals surface area contributed by atoms with Crippen LogP contribution in [0.25, 0.3) is 22.0 Å². The highest BCUT2D eigenvalue weighted by Gasteiger charge is 2.16. The van der Waals surface area contributed by atoms with Gasteiger partial charge in [0.05, 0.1) is 0 Å². The van der Waals surface area contributed by atoms with Gasteiger partial charge in [-0.25, -0.2) is 4.39 Å². The van der Waals surface area contributed by atoms with Crippen LogP contribution >= 0.6 is 0 Å². The summed E-state index contributed by atoms with van der Waals surface area (Å²) in [6.07, 6.45) is 7.01. The zero-order valence-corrected chi connectivity index (χ0v) is 17.6. The van der Waals surface area contributed by atoms with Crippen molar-refractivity contribution in [3.8, 4) is 11.1 Å². The number of fused-ring (bicyclic) bond motifs is 1. The van der Waals surface area contributed by atoms with E-state index in [1.54, 1.807) is 0 Å². The van der Waals surface area contributed by atoms with Gasteiger partial charge >= 0.3 is 0 Å². The summed E-state index contributed by atoms with van der Waals surface area (Å²) >= 11 is 0. The molecule has 0 amide bonds. The number of aromatic nitrogens is 1. The minimum absolute atomic E-state index is 0.195. The van der Waals surface area contributed by atoms with Gasteiger partial charge in [0.2, 0.25) is 0 Å². The molecule has 3 rings (SSSR count). The summed E-state index contributed by atoms with van der Waals surface area (Å²) in [5.41, 5.74) is 4.74. The molecule has 0 radical (unpaired) electrons. The number of halogens is 1. The van der Waals surface area contributed by atoms with E-state index in [1.165, 1.54) is 66.4 Å². The Balaban J connectivity index is 0.000000321. The number of rotatable bonds is 6. The van der Waals surface area contributed by atoms with Crippen molar-refractivity contribution in [2.24, 2.45) is 0 Å². The molecule has 0 aliphatic rings. The second kappa shape index (κ2) is 10.3. The molecular weight excluding hydrogens is 333 g/mol. The fourth-order valence-corrected chi connectivity index (χ4v) is 3.71. The van der Waals surface area contributed by atoms with Gasteiger partial charge < -0.3 is 4.57 Å². The maximum atomic E-state index is 13.1. The highest BCUT2D eigenvalue weighted by molar-refractivity contribution is 5.98. The number of para-hydroxylation sites is 1. The summed E-state index contributed by atoms with van der Waals surface area (Å²) in [6.45, 7) is 11.0. The van der Waals surface area contributed by atoms with E-state index in [-0.39, 0.29) is 5.82 Å². The predicted octanol–water partition coefficient (Wildman–Crippen LogP) is 8.31. The Morgan fingerprint density at radius 2 is 1.44 bits per heavy atom. The lowest BCUT2D eigenvalue weighted by Gasteiger charge is -2.12. The normalized spacial score (nSPS) is 10.9. The smallest absolute Gasteiger partial charge is 0.123 e. The van der Waals surface area contributed by atoms with Crippen molar-refractivity contribution >= 4 is 10.9 Å². The highest BCUT2D eigenvalue weighted by atomic mass is 19.1. The molecule has 0 saturated carbocycles. The first-order chi connectivity index (χ1) is 13.0. The lowest BCUT2D eigenvalue weighted by molar-refractivity contribution is 0.608. The standard InChI is InChI=1S/C18H18FN.C7H16/c1-12(2)20-13(3)18(14-8-10-15(19)11-9-14)16-6-4-5-7-17(16)20;1-3-5-7-6-4-2/h4-12H,1-3H3;3-7H2,1-2H3. The van der Waals surface area contributed by atoms with Gasteiger partial charge in [-0.15, -0.1) is 0 Å². The molecule has 27 heavy (non-hydrogen) atoms. The maximum Gasteiger partial charge on any atom is 0.123 e. The monoisotopic (exact) mass is 367 g/mol. The van der Waals surface area contributed by atoms with Crippen LogP contribution in [0.2, 0.25) is 0 Å². The molecule has 3 aromatic rings. The van der Waals surface area contributed by atoms with Gasteiger partial charge in [0.25, 0.3) is 0 Å². The summed E-state index contributed by atoms with van der Waals surface area (Å²) < 4.78 is 15.5. The molecule has 1 heterocycles. The molecule has 2 heteroatoms. The third-order valence-corrected chi connectivity index (χ3v) is 5.01. The Morgan fingerprint density at radius 3 is 2.00 bits per heavy atom. The topological polar surface area (TPSA) is 4.93 Å². The Kier molecular flexibility index (Phi) is 8.09. The van der Waals surface area contributed by atoms with Crippen LogP contribution in [0.3, 0.4) is 0 Å².